The van der Waals surface area contributed by atoms with Crippen molar-refractivity contribution in [2.24, 2.45) is 0 Å². The van der Waals surface area contributed by atoms with Gasteiger partial charge in [0.05, 0.1) is 28.8 Å². The molecule has 10 heteroatoms. The molecule has 1 fully saturated rings. The number of carboxylic acids is 2. The molecule has 3 aromatic rings. The lowest BCUT2D eigenvalue weighted by atomic mass is 10.2. The zero-order valence-corrected chi connectivity index (χ0v) is 18.9. The number of aliphatic carboxylic acids is 2. The first-order chi connectivity index (χ1) is 15.8. The lowest BCUT2D eigenvalue weighted by Crippen LogP contribution is -2.42. The molecule has 4 rings (SSSR count). The third-order valence-corrected chi connectivity index (χ3v) is 6.36. The molecule has 2 heterocycles. The Labute approximate surface area is 194 Å². The number of ether oxygens (including phenoxy) is 1. The lowest BCUT2D eigenvalue weighted by Gasteiger charge is -2.24. The van der Waals surface area contributed by atoms with E-state index in [9.17, 15) is 4.39 Å². The van der Waals surface area contributed by atoms with Crippen molar-refractivity contribution in [1.82, 2.24) is 9.88 Å². The number of rotatable bonds is 7. The van der Waals surface area contributed by atoms with Gasteiger partial charge in [-0.15, -0.1) is 0 Å². The van der Waals surface area contributed by atoms with Gasteiger partial charge in [-0.3, -0.25) is 0 Å². The number of carbonyl (C=O) groups is 2. The molecule has 176 valence electrons. The largest absolute Gasteiger partial charge is 0.543 e. The molecule has 0 aliphatic carbocycles. The highest BCUT2D eigenvalue weighted by Crippen LogP contribution is 2.30. The van der Waals surface area contributed by atoms with Crippen LogP contribution in [0.3, 0.4) is 0 Å². The fourth-order valence-corrected chi connectivity index (χ4v) is 4.53. The summed E-state index contributed by atoms with van der Waals surface area (Å²) in [5.74, 6) is -4.03. The predicted molar refractivity (Wildman–Crippen MR) is 119 cm³/mol. The molecule has 1 unspecified atom stereocenters. The zero-order valence-electron chi connectivity index (χ0n) is 18.1. The van der Waals surface area contributed by atoms with E-state index in [2.05, 4.69) is 35.0 Å². The van der Waals surface area contributed by atoms with E-state index >= 15 is 0 Å². The fourth-order valence-electron chi connectivity index (χ4n) is 3.53. The van der Waals surface area contributed by atoms with Gasteiger partial charge in [-0.25, -0.2) is 9.37 Å². The normalized spacial score (nSPS) is 15.6. The van der Waals surface area contributed by atoms with Gasteiger partial charge in [0.1, 0.15) is 11.6 Å². The molecule has 0 bridgehead atoms. The maximum Gasteiger partial charge on any atom is 0.186 e. The van der Waals surface area contributed by atoms with Gasteiger partial charge in [0.25, 0.3) is 0 Å². The zero-order chi connectivity index (χ0) is 23.8. The molecule has 1 atom stereocenters. The highest BCUT2D eigenvalue weighted by atomic mass is 32.1. The monoisotopic (exact) mass is 473 g/mol. The summed E-state index contributed by atoms with van der Waals surface area (Å²) in [6.45, 7) is 3.75. The van der Waals surface area contributed by atoms with Crippen LogP contribution in [0, 0.1) is 5.82 Å². The van der Waals surface area contributed by atoms with Crippen molar-refractivity contribution < 1.29 is 28.9 Å². The third kappa shape index (κ3) is 7.13. The van der Waals surface area contributed by atoms with Crippen molar-refractivity contribution in [1.29, 1.82) is 0 Å². The highest BCUT2D eigenvalue weighted by Gasteiger charge is 2.27. The van der Waals surface area contributed by atoms with Crippen LogP contribution in [0.25, 0.3) is 10.2 Å². The number of nitrogens with zero attached hydrogens (tertiary/aromatic N) is 3. The van der Waals surface area contributed by atoms with Gasteiger partial charge in [0, 0.05) is 38.8 Å². The number of fused-ring (bicyclic) bond motifs is 1. The molecule has 0 spiro atoms. The van der Waals surface area contributed by atoms with Gasteiger partial charge >= 0.3 is 0 Å². The van der Waals surface area contributed by atoms with E-state index in [-0.39, 0.29) is 5.82 Å². The molecule has 2 aromatic carbocycles. The van der Waals surface area contributed by atoms with Gasteiger partial charge in [-0.2, -0.15) is 0 Å². The van der Waals surface area contributed by atoms with Crippen LogP contribution in [-0.4, -0.2) is 61.2 Å². The van der Waals surface area contributed by atoms with Crippen LogP contribution in [0.4, 0.5) is 9.52 Å². The Morgan fingerprint density at radius 1 is 1.21 bits per heavy atom. The minimum atomic E-state index is -2.19. The average Bonchev–Trinajstić information content (AvgIpc) is 3.44. The van der Waals surface area contributed by atoms with Crippen LogP contribution in [0.15, 0.2) is 48.5 Å². The van der Waals surface area contributed by atoms with E-state index in [1.54, 1.807) is 23.5 Å². The van der Waals surface area contributed by atoms with Crippen molar-refractivity contribution in [2.75, 3.05) is 38.2 Å². The first-order valence-electron chi connectivity index (χ1n) is 10.4. The Bertz CT molecular complexity index is 1050. The van der Waals surface area contributed by atoms with Crippen LogP contribution in [0.5, 0.6) is 5.75 Å². The molecule has 0 N–H and O–H groups in total. The molecule has 0 saturated carbocycles. The summed E-state index contributed by atoms with van der Waals surface area (Å²) in [4.78, 5) is 27.4. The number of para-hydroxylation sites is 1. The van der Waals surface area contributed by atoms with Crippen molar-refractivity contribution in [3.63, 3.8) is 0 Å². The standard InChI is InChI=1S/C21H24FN3OS.C2H2O4/c1-24(21-23-19-8-2-3-9-20(19)27-21)17-10-12-25(15-17)11-5-13-26-18-7-4-6-16(22)14-18;3-1(4)2(5)6/h2-4,6-9,14,17H,5,10-13,15H2,1H3;(H,3,4)(H,5,6)/p-2. The van der Waals surface area contributed by atoms with E-state index in [1.165, 1.54) is 16.8 Å². The number of carbonyl (C=O) groups excluding carboxylic acids is 2. The second-order valence-corrected chi connectivity index (χ2v) is 8.56. The van der Waals surface area contributed by atoms with Crippen molar-refractivity contribution in [2.45, 2.75) is 18.9 Å². The molecule has 8 nitrogen and oxygen atoms in total. The number of thiazole rings is 1. The first-order valence-corrected chi connectivity index (χ1v) is 11.3. The summed E-state index contributed by atoms with van der Waals surface area (Å²) < 4.78 is 20.0. The van der Waals surface area contributed by atoms with E-state index in [0.717, 1.165) is 43.1 Å². The second kappa shape index (κ2) is 11.6. The molecule has 0 radical (unpaired) electrons. The number of likely N-dealkylation sites (N-methyl/N-ethyl adjacent to an activating group) is 1. The molecule has 1 aliphatic heterocycles. The number of carboxylic acid groups (broad SMARTS) is 2. The molecular formula is C23H24FN3O5S-2. The highest BCUT2D eigenvalue weighted by molar-refractivity contribution is 7.22. The SMILES string of the molecule is CN(c1nc2ccccc2s1)C1CCN(CCCOc2cccc(F)c2)C1.O=C([O-])C(=O)[O-]. The Hall–Kier alpha value is -3.24. The molecule has 0 amide bonds. The Morgan fingerprint density at radius 2 is 1.97 bits per heavy atom. The predicted octanol–water partition coefficient (Wildman–Crippen LogP) is 0.901. The number of anilines is 1. The fraction of sp³-hybridized carbons (Fsp3) is 0.348. The summed E-state index contributed by atoms with van der Waals surface area (Å²) >= 11 is 1.76. The van der Waals surface area contributed by atoms with Gasteiger partial charge in [-0.05, 0) is 37.1 Å². The molecule has 1 saturated heterocycles. The Kier molecular flexibility index (Phi) is 8.56. The van der Waals surface area contributed by atoms with Gasteiger partial charge in [0.2, 0.25) is 0 Å². The smallest absolute Gasteiger partial charge is 0.186 e. The Balaban J connectivity index is 0.000000454. The number of hydrogen-bond acceptors (Lipinski definition) is 9. The van der Waals surface area contributed by atoms with Crippen molar-refractivity contribution in [3.05, 3.63) is 54.3 Å². The minimum Gasteiger partial charge on any atom is -0.543 e. The second-order valence-electron chi connectivity index (χ2n) is 7.55. The number of halogens is 1. The van der Waals surface area contributed by atoms with Crippen molar-refractivity contribution in [3.8, 4) is 5.75 Å². The quantitative estimate of drug-likeness (QED) is 0.368. The lowest BCUT2D eigenvalue weighted by molar-refractivity contribution is -0.345. The van der Waals surface area contributed by atoms with Crippen LogP contribution >= 0.6 is 11.3 Å². The van der Waals surface area contributed by atoms with Gasteiger partial charge < -0.3 is 34.3 Å². The molecule has 1 aromatic heterocycles. The van der Waals surface area contributed by atoms with Crippen LogP contribution in [0.1, 0.15) is 12.8 Å². The van der Waals surface area contributed by atoms with Crippen LogP contribution in [0.2, 0.25) is 0 Å². The topological polar surface area (TPSA) is 109 Å². The van der Waals surface area contributed by atoms with Crippen LogP contribution < -0.4 is 19.8 Å². The minimum absolute atomic E-state index is 0.257. The average molecular weight is 474 g/mol. The maximum absolute atomic E-state index is 13.2. The summed E-state index contributed by atoms with van der Waals surface area (Å²) in [5, 5.41) is 18.9. The molecule has 1 aliphatic rings. The first kappa shape index (κ1) is 24.4. The third-order valence-electron chi connectivity index (χ3n) is 5.23. The number of hydrogen-bond donors (Lipinski definition) is 0. The summed E-state index contributed by atoms with van der Waals surface area (Å²) in [5.41, 5.74) is 1.08. The van der Waals surface area contributed by atoms with Gasteiger partial charge in [0.15, 0.2) is 5.13 Å². The number of aromatic nitrogens is 1. The van der Waals surface area contributed by atoms with E-state index in [0.29, 0.717) is 18.4 Å². The Morgan fingerprint density at radius 3 is 2.67 bits per heavy atom. The van der Waals surface area contributed by atoms with E-state index < -0.39 is 11.9 Å². The molecule has 33 heavy (non-hydrogen) atoms. The number of likely N-dealkylation sites (tertiary alicyclic amines) is 1. The van der Waals surface area contributed by atoms with Crippen molar-refractivity contribution >= 4 is 38.6 Å². The van der Waals surface area contributed by atoms with E-state index in [4.69, 9.17) is 29.5 Å². The van der Waals surface area contributed by atoms with Crippen LogP contribution in [-0.2, 0) is 9.59 Å². The number of benzene rings is 2. The molecular weight excluding hydrogens is 449 g/mol. The van der Waals surface area contributed by atoms with Gasteiger partial charge in [-0.1, -0.05) is 29.5 Å². The summed E-state index contributed by atoms with van der Waals surface area (Å²) in [6.07, 6.45) is 2.09. The summed E-state index contributed by atoms with van der Waals surface area (Å²) in [7, 11) is 2.15. The van der Waals surface area contributed by atoms with E-state index in [1.807, 2.05) is 6.07 Å². The maximum atomic E-state index is 13.2. The summed E-state index contributed by atoms with van der Waals surface area (Å²) in [6, 6.07) is 15.1.